The van der Waals surface area contributed by atoms with E-state index in [4.69, 9.17) is 4.89 Å². The Kier molecular flexibility index (Phi) is 7.12. The zero-order valence-corrected chi connectivity index (χ0v) is 8.66. The predicted octanol–water partition coefficient (Wildman–Crippen LogP) is 2.33. The first kappa shape index (κ1) is 12.8. The molecule has 0 atom stereocenters. The van der Waals surface area contributed by atoms with Gasteiger partial charge in [-0.3, -0.25) is 0 Å². The van der Waals surface area contributed by atoms with Gasteiger partial charge in [0.2, 0.25) is 0 Å². The van der Waals surface area contributed by atoms with Crippen molar-refractivity contribution in [1.29, 1.82) is 0 Å². The molecule has 0 rings (SSSR count). The van der Waals surface area contributed by atoms with E-state index in [9.17, 15) is 0 Å². The molecular formula is C8H18O5. The molecule has 5 nitrogen and oxygen atoms in total. The molecule has 0 aromatic carbocycles. The molecule has 13 heavy (non-hydrogen) atoms. The Morgan fingerprint density at radius 3 is 2.23 bits per heavy atom. The molecule has 0 radical (unpaired) electrons. The lowest BCUT2D eigenvalue weighted by Crippen LogP contribution is -2.19. The average Bonchev–Trinajstić information content (AvgIpc) is 2.01. The van der Waals surface area contributed by atoms with E-state index in [-0.39, 0.29) is 0 Å². The van der Waals surface area contributed by atoms with Crippen molar-refractivity contribution in [3.05, 3.63) is 0 Å². The van der Waals surface area contributed by atoms with Gasteiger partial charge >= 0.3 is 0 Å². The molecule has 80 valence electrons. The van der Waals surface area contributed by atoms with Crippen LogP contribution in [0.15, 0.2) is 0 Å². The third-order valence-electron chi connectivity index (χ3n) is 0.969. The molecule has 0 aromatic rings. The van der Waals surface area contributed by atoms with E-state index in [0.29, 0.717) is 6.61 Å². The topological polar surface area (TPSA) is 46.2 Å². The van der Waals surface area contributed by atoms with Gasteiger partial charge in [0.1, 0.15) is 0 Å². The van der Waals surface area contributed by atoms with Crippen LogP contribution >= 0.6 is 0 Å². The van der Waals surface area contributed by atoms with Gasteiger partial charge in [-0.25, -0.2) is 4.89 Å². The predicted molar refractivity (Wildman–Crippen MR) is 45.0 cm³/mol. The summed E-state index contributed by atoms with van der Waals surface area (Å²) in [6.45, 7) is 7.95. The molecule has 0 N–H and O–H groups in total. The summed E-state index contributed by atoms with van der Waals surface area (Å²) in [5, 5.41) is 12.5. The Hall–Kier alpha value is -0.200. The molecule has 0 saturated carbocycles. The Morgan fingerprint density at radius 1 is 1.00 bits per heavy atom. The summed E-state index contributed by atoms with van der Waals surface area (Å²) in [6, 6.07) is 0. The number of unbranched alkanes of at least 4 members (excludes halogenated alkanes) is 1. The second-order valence-electron chi connectivity index (χ2n) is 3.58. The summed E-state index contributed by atoms with van der Waals surface area (Å²) < 4.78 is 0. The van der Waals surface area contributed by atoms with Gasteiger partial charge in [0.15, 0.2) is 0 Å². The molecule has 0 fully saturated rings. The van der Waals surface area contributed by atoms with E-state index in [2.05, 4.69) is 20.0 Å². The largest absolute Gasteiger partial charge is 0.204 e. The van der Waals surface area contributed by atoms with Gasteiger partial charge < -0.3 is 0 Å². The molecule has 0 aliphatic heterocycles. The standard InChI is InChI=1S/C8H18O5/c1-5-6-7-9-11-13-12-10-8(2,3)4/h5-7H2,1-4H3. The van der Waals surface area contributed by atoms with Crippen LogP contribution in [0.5, 0.6) is 0 Å². The van der Waals surface area contributed by atoms with Gasteiger partial charge in [0.05, 0.1) is 12.2 Å². The van der Waals surface area contributed by atoms with Crippen LogP contribution in [0.4, 0.5) is 0 Å². The summed E-state index contributed by atoms with van der Waals surface area (Å²) in [7, 11) is 0. The summed E-state index contributed by atoms with van der Waals surface area (Å²) >= 11 is 0. The monoisotopic (exact) mass is 194 g/mol. The maximum absolute atomic E-state index is 4.71. The summed E-state index contributed by atoms with van der Waals surface area (Å²) in [4.78, 5) is 9.27. The van der Waals surface area contributed by atoms with Crippen LogP contribution in [0.3, 0.4) is 0 Å². The van der Waals surface area contributed by atoms with Crippen molar-refractivity contribution in [3.63, 3.8) is 0 Å². The molecule has 0 saturated heterocycles. The minimum atomic E-state index is -0.438. The van der Waals surface area contributed by atoms with E-state index >= 15 is 0 Å². The normalized spacial score (nSPS) is 12.0. The molecule has 0 aliphatic carbocycles. The minimum absolute atomic E-state index is 0.438. The van der Waals surface area contributed by atoms with Crippen LogP contribution in [0.2, 0.25) is 0 Å². The van der Waals surface area contributed by atoms with Crippen molar-refractivity contribution >= 4 is 0 Å². The zero-order valence-electron chi connectivity index (χ0n) is 8.66. The Morgan fingerprint density at radius 2 is 1.69 bits per heavy atom. The Bertz CT molecular complexity index is 110. The first-order chi connectivity index (χ1) is 6.06. The highest BCUT2D eigenvalue weighted by Gasteiger charge is 2.12. The lowest BCUT2D eigenvalue weighted by atomic mass is 10.2. The van der Waals surface area contributed by atoms with Crippen molar-refractivity contribution < 1.29 is 24.9 Å². The second-order valence-corrected chi connectivity index (χ2v) is 3.58. The van der Waals surface area contributed by atoms with Crippen LogP contribution in [-0.4, -0.2) is 12.2 Å². The molecule has 0 bridgehead atoms. The molecule has 0 amide bonds. The lowest BCUT2D eigenvalue weighted by Gasteiger charge is -2.14. The van der Waals surface area contributed by atoms with Crippen molar-refractivity contribution in [2.24, 2.45) is 0 Å². The highest BCUT2D eigenvalue weighted by Crippen LogP contribution is 2.07. The van der Waals surface area contributed by atoms with Gasteiger partial charge in [0, 0.05) is 0 Å². The fourth-order valence-electron chi connectivity index (χ4n) is 0.384. The lowest BCUT2D eigenvalue weighted by molar-refractivity contribution is -0.717. The highest BCUT2D eigenvalue weighted by atomic mass is 17.8. The molecule has 0 spiro atoms. The fraction of sp³-hybridized carbons (Fsp3) is 1.00. The van der Waals surface area contributed by atoms with Crippen molar-refractivity contribution in [1.82, 2.24) is 0 Å². The van der Waals surface area contributed by atoms with Gasteiger partial charge in [-0.15, -0.1) is 0 Å². The zero-order chi connectivity index (χ0) is 10.2. The van der Waals surface area contributed by atoms with Gasteiger partial charge in [-0.2, -0.15) is 4.89 Å². The van der Waals surface area contributed by atoms with Crippen LogP contribution in [0.25, 0.3) is 0 Å². The Labute approximate surface area is 78.6 Å². The van der Waals surface area contributed by atoms with Gasteiger partial charge in [0.25, 0.3) is 0 Å². The first-order valence-electron chi connectivity index (χ1n) is 4.37. The molecule has 0 aliphatic rings. The summed E-state index contributed by atoms with van der Waals surface area (Å²) in [5.41, 5.74) is -0.438. The van der Waals surface area contributed by atoms with Crippen molar-refractivity contribution in [2.75, 3.05) is 6.61 Å². The number of rotatable bonds is 7. The summed E-state index contributed by atoms with van der Waals surface area (Å²) in [5.74, 6) is 0. The molecule has 0 aromatic heterocycles. The van der Waals surface area contributed by atoms with Gasteiger partial charge in [-0.1, -0.05) is 13.3 Å². The van der Waals surface area contributed by atoms with Crippen molar-refractivity contribution in [3.8, 4) is 0 Å². The van der Waals surface area contributed by atoms with Crippen LogP contribution in [0, 0.1) is 0 Å². The molecule has 5 heteroatoms. The number of hydrogen-bond acceptors (Lipinski definition) is 5. The maximum atomic E-state index is 4.71. The van der Waals surface area contributed by atoms with E-state index < -0.39 is 5.60 Å². The number of hydrogen-bond donors (Lipinski definition) is 0. The van der Waals surface area contributed by atoms with E-state index in [0.717, 1.165) is 12.8 Å². The molecule has 0 heterocycles. The SMILES string of the molecule is CCCCOOOOOC(C)(C)C. The molecule has 0 unspecified atom stereocenters. The first-order valence-corrected chi connectivity index (χ1v) is 4.37. The van der Waals surface area contributed by atoms with E-state index in [1.807, 2.05) is 27.7 Å². The van der Waals surface area contributed by atoms with E-state index in [1.165, 1.54) is 0 Å². The summed E-state index contributed by atoms with van der Waals surface area (Å²) in [6.07, 6.45) is 1.94. The van der Waals surface area contributed by atoms with E-state index in [1.54, 1.807) is 0 Å². The van der Waals surface area contributed by atoms with Gasteiger partial charge in [-0.05, 0) is 42.3 Å². The molecular weight excluding hydrogens is 176 g/mol. The highest BCUT2D eigenvalue weighted by molar-refractivity contribution is 4.53. The third-order valence-corrected chi connectivity index (χ3v) is 0.969. The van der Waals surface area contributed by atoms with Crippen LogP contribution in [0.1, 0.15) is 40.5 Å². The third kappa shape index (κ3) is 11.8. The van der Waals surface area contributed by atoms with Crippen LogP contribution in [-0.2, 0) is 24.9 Å². The van der Waals surface area contributed by atoms with Crippen molar-refractivity contribution in [2.45, 2.75) is 46.1 Å². The smallest absolute Gasteiger partial charge is 0.0984 e. The van der Waals surface area contributed by atoms with Crippen LogP contribution < -0.4 is 0 Å². The minimum Gasteiger partial charge on any atom is -0.204 e. The fourth-order valence-corrected chi connectivity index (χ4v) is 0.384. The Balaban J connectivity index is 3.00. The quantitative estimate of drug-likeness (QED) is 0.353. The maximum Gasteiger partial charge on any atom is 0.0984 e. The average molecular weight is 194 g/mol. The second kappa shape index (κ2) is 7.23.